The Bertz CT molecular complexity index is 1070. The molecule has 3 heterocycles. The van der Waals surface area contributed by atoms with Crippen LogP contribution in [-0.4, -0.2) is 42.2 Å². The quantitative estimate of drug-likeness (QED) is 0.662. The van der Waals surface area contributed by atoms with Crippen molar-refractivity contribution in [3.8, 4) is 5.75 Å². The zero-order valence-electron chi connectivity index (χ0n) is 17.3. The van der Waals surface area contributed by atoms with E-state index in [4.69, 9.17) is 9.72 Å². The molecule has 0 aliphatic carbocycles. The number of amides is 2. The lowest BCUT2D eigenvalue weighted by molar-refractivity contribution is 0.248. The number of aromatic nitrogens is 2. The first-order valence-corrected chi connectivity index (χ1v) is 10.4. The number of fused-ring (bicyclic) bond motifs is 1. The molecule has 0 radical (unpaired) electrons. The van der Waals surface area contributed by atoms with Gasteiger partial charge in [0.1, 0.15) is 11.6 Å². The summed E-state index contributed by atoms with van der Waals surface area (Å²) in [6.07, 6.45) is 2.69. The number of rotatable bonds is 5. The molecule has 1 saturated heterocycles. The Morgan fingerprint density at radius 3 is 2.65 bits per heavy atom. The summed E-state index contributed by atoms with van der Waals surface area (Å²) in [5.74, 6) is 1.91. The molecule has 2 aromatic carbocycles. The molecule has 5 rings (SSSR count). The molecule has 1 aromatic heterocycles. The van der Waals surface area contributed by atoms with Crippen molar-refractivity contribution < 1.29 is 9.53 Å². The molecule has 8 heteroatoms. The highest BCUT2D eigenvalue weighted by Gasteiger charge is 2.38. The lowest BCUT2D eigenvalue weighted by Crippen LogP contribution is -2.53. The van der Waals surface area contributed by atoms with Crippen LogP contribution in [0.4, 0.5) is 27.9 Å². The van der Waals surface area contributed by atoms with Gasteiger partial charge in [-0.1, -0.05) is 18.2 Å². The zero-order valence-corrected chi connectivity index (χ0v) is 17.3. The molecule has 0 bridgehead atoms. The predicted molar refractivity (Wildman–Crippen MR) is 120 cm³/mol. The van der Waals surface area contributed by atoms with Crippen molar-refractivity contribution in [1.29, 1.82) is 0 Å². The van der Waals surface area contributed by atoms with Crippen LogP contribution in [0.3, 0.4) is 0 Å². The molecule has 2 aliphatic rings. The largest absolute Gasteiger partial charge is 0.497 e. The zero-order chi connectivity index (χ0) is 21.2. The van der Waals surface area contributed by atoms with E-state index in [9.17, 15) is 4.79 Å². The smallest absolute Gasteiger partial charge is 0.330 e. The first-order chi connectivity index (χ1) is 15.2. The molecule has 1 fully saturated rings. The minimum Gasteiger partial charge on any atom is -0.497 e. The SMILES string of the molecule is COc1ccc(N2Cc3cnc(Nc4ccccc4)nc3N([C@H]3CCNC3)C2=O)cc1. The fourth-order valence-electron chi connectivity index (χ4n) is 4.04. The second-order valence-electron chi connectivity index (χ2n) is 7.62. The summed E-state index contributed by atoms with van der Waals surface area (Å²) in [5.41, 5.74) is 2.64. The molecule has 2 aliphatic heterocycles. The molecule has 2 amide bonds. The van der Waals surface area contributed by atoms with Crippen molar-refractivity contribution in [2.75, 3.05) is 35.3 Å². The van der Waals surface area contributed by atoms with E-state index in [1.165, 1.54) is 0 Å². The van der Waals surface area contributed by atoms with E-state index in [1.54, 1.807) is 12.0 Å². The van der Waals surface area contributed by atoms with Gasteiger partial charge in [-0.15, -0.1) is 0 Å². The summed E-state index contributed by atoms with van der Waals surface area (Å²) in [7, 11) is 1.63. The van der Waals surface area contributed by atoms with Crippen molar-refractivity contribution in [2.24, 2.45) is 0 Å². The summed E-state index contributed by atoms with van der Waals surface area (Å²) in [5, 5.41) is 6.59. The number of hydrogen-bond donors (Lipinski definition) is 2. The summed E-state index contributed by atoms with van der Waals surface area (Å²) in [4.78, 5) is 26.5. The Labute approximate surface area is 180 Å². The molecule has 0 saturated carbocycles. The van der Waals surface area contributed by atoms with E-state index >= 15 is 0 Å². The van der Waals surface area contributed by atoms with Crippen LogP contribution >= 0.6 is 0 Å². The van der Waals surface area contributed by atoms with Crippen LogP contribution in [0.25, 0.3) is 0 Å². The number of ether oxygens (including phenoxy) is 1. The number of urea groups is 1. The van der Waals surface area contributed by atoms with Gasteiger partial charge in [0.2, 0.25) is 5.95 Å². The monoisotopic (exact) mass is 416 g/mol. The molecule has 2 N–H and O–H groups in total. The maximum atomic E-state index is 13.6. The van der Waals surface area contributed by atoms with Crippen molar-refractivity contribution in [3.05, 3.63) is 66.4 Å². The van der Waals surface area contributed by atoms with Crippen LogP contribution in [0, 0.1) is 0 Å². The van der Waals surface area contributed by atoms with E-state index in [-0.39, 0.29) is 12.1 Å². The molecule has 158 valence electrons. The number of carbonyl (C=O) groups is 1. The maximum Gasteiger partial charge on any atom is 0.330 e. The molecule has 0 unspecified atom stereocenters. The molecule has 31 heavy (non-hydrogen) atoms. The highest BCUT2D eigenvalue weighted by molar-refractivity contribution is 6.06. The third-order valence-electron chi connectivity index (χ3n) is 5.65. The van der Waals surface area contributed by atoms with Gasteiger partial charge < -0.3 is 15.4 Å². The third-order valence-corrected chi connectivity index (χ3v) is 5.65. The van der Waals surface area contributed by atoms with Crippen LogP contribution in [0.5, 0.6) is 5.75 Å². The lowest BCUT2D eigenvalue weighted by atomic mass is 10.1. The highest BCUT2D eigenvalue weighted by Crippen LogP contribution is 2.34. The van der Waals surface area contributed by atoms with Crippen LogP contribution in [-0.2, 0) is 6.54 Å². The number of methoxy groups -OCH3 is 1. The Balaban J connectivity index is 1.51. The van der Waals surface area contributed by atoms with Gasteiger partial charge in [-0.2, -0.15) is 4.98 Å². The number of anilines is 4. The Morgan fingerprint density at radius 2 is 1.94 bits per heavy atom. The number of nitrogens with zero attached hydrogens (tertiary/aromatic N) is 4. The summed E-state index contributed by atoms with van der Waals surface area (Å²) < 4.78 is 5.25. The molecule has 3 aromatic rings. The van der Waals surface area contributed by atoms with E-state index in [2.05, 4.69) is 15.6 Å². The van der Waals surface area contributed by atoms with Gasteiger partial charge in [0.25, 0.3) is 0 Å². The first kappa shape index (κ1) is 19.3. The maximum absolute atomic E-state index is 13.6. The molecule has 8 nitrogen and oxygen atoms in total. The molecular formula is C23H24N6O2. The van der Waals surface area contributed by atoms with Gasteiger partial charge >= 0.3 is 6.03 Å². The Hall–Kier alpha value is -3.65. The summed E-state index contributed by atoms with van der Waals surface area (Å²) in [6.45, 7) is 2.04. The first-order valence-electron chi connectivity index (χ1n) is 10.4. The summed E-state index contributed by atoms with van der Waals surface area (Å²) in [6, 6.07) is 17.3. The van der Waals surface area contributed by atoms with Crippen molar-refractivity contribution in [2.45, 2.75) is 19.0 Å². The fourth-order valence-corrected chi connectivity index (χ4v) is 4.04. The van der Waals surface area contributed by atoms with Crippen molar-refractivity contribution >= 4 is 29.2 Å². The molecular weight excluding hydrogens is 392 g/mol. The number of nitrogens with one attached hydrogen (secondary N) is 2. The van der Waals surface area contributed by atoms with Crippen LogP contribution in [0.1, 0.15) is 12.0 Å². The number of hydrogen-bond acceptors (Lipinski definition) is 6. The Morgan fingerprint density at radius 1 is 1.13 bits per heavy atom. The number of para-hydroxylation sites is 1. The topological polar surface area (TPSA) is 82.6 Å². The van der Waals surface area contributed by atoms with E-state index in [1.807, 2.05) is 65.7 Å². The number of benzene rings is 2. The summed E-state index contributed by atoms with van der Waals surface area (Å²) >= 11 is 0. The Kier molecular flexibility index (Phi) is 5.13. The average molecular weight is 416 g/mol. The van der Waals surface area contributed by atoms with Crippen LogP contribution in [0.2, 0.25) is 0 Å². The van der Waals surface area contributed by atoms with Crippen molar-refractivity contribution in [1.82, 2.24) is 15.3 Å². The molecule has 1 atom stereocenters. The second kappa shape index (κ2) is 8.23. The van der Waals surface area contributed by atoms with Gasteiger partial charge in [0, 0.05) is 29.7 Å². The van der Waals surface area contributed by atoms with Gasteiger partial charge in [0.15, 0.2) is 0 Å². The van der Waals surface area contributed by atoms with Crippen LogP contribution in [0.15, 0.2) is 60.8 Å². The second-order valence-corrected chi connectivity index (χ2v) is 7.62. The van der Waals surface area contributed by atoms with Crippen molar-refractivity contribution in [3.63, 3.8) is 0 Å². The standard InChI is InChI=1S/C23H24N6O2/c1-31-20-9-7-18(8-10-20)28-15-16-13-25-22(26-17-5-3-2-4-6-17)27-21(16)29(23(28)30)19-11-12-24-14-19/h2-10,13,19,24H,11-12,14-15H2,1H3,(H,25,26,27)/t19-/m0/s1. The van der Waals surface area contributed by atoms with Gasteiger partial charge in [-0.05, 0) is 49.4 Å². The highest BCUT2D eigenvalue weighted by atomic mass is 16.5. The lowest BCUT2D eigenvalue weighted by Gasteiger charge is -2.39. The predicted octanol–water partition coefficient (Wildman–Crippen LogP) is 3.54. The van der Waals surface area contributed by atoms with Gasteiger partial charge in [-0.25, -0.2) is 9.78 Å². The van der Waals surface area contributed by atoms with Gasteiger partial charge in [0.05, 0.1) is 19.7 Å². The minimum absolute atomic E-state index is 0.0479. The van der Waals surface area contributed by atoms with E-state index in [0.29, 0.717) is 18.3 Å². The fraction of sp³-hybridized carbons (Fsp3) is 0.261. The molecule has 0 spiro atoms. The number of carbonyl (C=O) groups excluding carboxylic acids is 1. The third kappa shape index (κ3) is 3.77. The normalized spacial score (nSPS) is 18.1. The van der Waals surface area contributed by atoms with Gasteiger partial charge in [-0.3, -0.25) is 9.80 Å². The average Bonchev–Trinajstić information content (AvgIpc) is 3.34. The van der Waals surface area contributed by atoms with Crippen LogP contribution < -0.4 is 25.2 Å². The van der Waals surface area contributed by atoms with E-state index < -0.39 is 0 Å². The van der Waals surface area contributed by atoms with E-state index in [0.717, 1.165) is 42.2 Å². The minimum atomic E-state index is -0.0734.